The summed E-state index contributed by atoms with van der Waals surface area (Å²) in [6.45, 7) is 2.24. The summed E-state index contributed by atoms with van der Waals surface area (Å²) in [7, 11) is -4.10. The van der Waals surface area contributed by atoms with Gasteiger partial charge in [0.25, 0.3) is 0 Å². The van der Waals surface area contributed by atoms with E-state index in [1.807, 2.05) is 6.92 Å². The molecule has 84 valence electrons. The van der Waals surface area contributed by atoms with Crippen molar-refractivity contribution in [3.63, 3.8) is 0 Å². The minimum Gasteiger partial charge on any atom is -0.358 e. The maximum Gasteiger partial charge on any atom is 0.410 e. The van der Waals surface area contributed by atoms with E-state index in [1.54, 1.807) is 0 Å². The fraction of sp³-hybridized carbons (Fsp3) is 0.500. The molecule has 1 heterocycles. The molecule has 0 saturated heterocycles. The highest BCUT2D eigenvalue weighted by Crippen LogP contribution is 2.19. The second kappa shape index (κ2) is 3.95. The molecule has 9 heteroatoms. The van der Waals surface area contributed by atoms with Gasteiger partial charge in [-0.25, -0.2) is 13.6 Å². The Bertz CT molecular complexity index is 477. The molecule has 8 nitrogen and oxygen atoms in total. The molecule has 1 aromatic heterocycles. The van der Waals surface area contributed by atoms with E-state index < -0.39 is 25.7 Å². The lowest BCUT2D eigenvalue weighted by Gasteiger charge is -1.91. The van der Waals surface area contributed by atoms with Crippen molar-refractivity contribution in [3.05, 3.63) is 16.3 Å². The predicted molar refractivity (Wildman–Crippen MR) is 50.5 cm³/mol. The molecule has 0 bridgehead atoms. The SMILES string of the molecule is CCCn1cc(S(N)(=O)=O)c([N+](=O)[O-])n1. The zero-order valence-electron chi connectivity index (χ0n) is 7.95. The van der Waals surface area contributed by atoms with Gasteiger partial charge in [0, 0.05) is 0 Å². The van der Waals surface area contributed by atoms with E-state index in [2.05, 4.69) is 5.10 Å². The van der Waals surface area contributed by atoms with Crippen molar-refractivity contribution in [3.8, 4) is 0 Å². The Hall–Kier alpha value is -1.48. The summed E-state index contributed by atoms with van der Waals surface area (Å²) in [5.74, 6) is -0.731. The first-order valence-corrected chi connectivity index (χ1v) is 5.65. The second-order valence-corrected chi connectivity index (χ2v) is 4.41. The maximum atomic E-state index is 11.0. The topological polar surface area (TPSA) is 121 Å². The third kappa shape index (κ3) is 2.50. The van der Waals surface area contributed by atoms with Crippen molar-refractivity contribution in [2.45, 2.75) is 24.8 Å². The first-order chi connectivity index (χ1) is 6.86. The van der Waals surface area contributed by atoms with E-state index >= 15 is 0 Å². The van der Waals surface area contributed by atoms with E-state index in [0.717, 1.165) is 6.20 Å². The Labute approximate surface area is 85.9 Å². The Morgan fingerprint density at radius 1 is 1.67 bits per heavy atom. The molecule has 1 rings (SSSR count). The van der Waals surface area contributed by atoms with Gasteiger partial charge in [-0.1, -0.05) is 6.92 Å². The number of hydrogen-bond donors (Lipinski definition) is 1. The lowest BCUT2D eigenvalue weighted by Crippen LogP contribution is -2.13. The van der Waals surface area contributed by atoms with E-state index in [-0.39, 0.29) is 0 Å². The summed E-state index contributed by atoms with van der Waals surface area (Å²) in [4.78, 5) is 9.07. The van der Waals surface area contributed by atoms with Crippen LogP contribution in [0.5, 0.6) is 0 Å². The van der Waals surface area contributed by atoms with E-state index in [4.69, 9.17) is 5.14 Å². The fourth-order valence-electron chi connectivity index (χ4n) is 1.06. The summed E-state index contributed by atoms with van der Waals surface area (Å²) in [5.41, 5.74) is 0. The predicted octanol–water partition coefficient (Wildman–Crippen LogP) is -0.151. The number of aromatic nitrogens is 2. The molecule has 0 amide bonds. The molecule has 0 aliphatic heterocycles. The van der Waals surface area contributed by atoms with E-state index in [0.29, 0.717) is 13.0 Å². The molecule has 0 fully saturated rings. The summed E-state index contributed by atoms with van der Waals surface area (Å²) < 4.78 is 23.2. The quantitative estimate of drug-likeness (QED) is 0.573. The number of aryl methyl sites for hydroxylation is 1. The third-order valence-corrected chi connectivity index (χ3v) is 2.54. The largest absolute Gasteiger partial charge is 0.410 e. The Kier molecular flexibility index (Phi) is 3.05. The second-order valence-electron chi connectivity index (χ2n) is 2.88. The lowest BCUT2D eigenvalue weighted by molar-refractivity contribution is -0.392. The molecular weight excluding hydrogens is 224 g/mol. The van der Waals surface area contributed by atoms with E-state index in [9.17, 15) is 18.5 Å². The number of hydrogen-bond acceptors (Lipinski definition) is 5. The molecule has 0 atom stereocenters. The van der Waals surface area contributed by atoms with Crippen LogP contribution in [0.1, 0.15) is 13.3 Å². The highest BCUT2D eigenvalue weighted by molar-refractivity contribution is 7.89. The van der Waals surface area contributed by atoms with Gasteiger partial charge in [-0.3, -0.25) is 0 Å². The van der Waals surface area contributed by atoms with Crippen LogP contribution in [0.3, 0.4) is 0 Å². The zero-order valence-corrected chi connectivity index (χ0v) is 8.77. The maximum absolute atomic E-state index is 11.0. The van der Waals surface area contributed by atoms with Crippen LogP contribution in [0.15, 0.2) is 11.1 Å². The number of nitrogens with zero attached hydrogens (tertiary/aromatic N) is 3. The highest BCUT2D eigenvalue weighted by atomic mass is 32.2. The smallest absolute Gasteiger partial charge is 0.358 e. The van der Waals surface area contributed by atoms with Crippen LogP contribution in [-0.4, -0.2) is 23.1 Å². The van der Waals surface area contributed by atoms with Crippen LogP contribution < -0.4 is 5.14 Å². The number of nitro groups is 1. The van der Waals surface area contributed by atoms with Gasteiger partial charge in [0.05, 0.1) is 17.8 Å². The lowest BCUT2D eigenvalue weighted by atomic mass is 10.5. The van der Waals surface area contributed by atoms with Crippen LogP contribution >= 0.6 is 0 Å². The third-order valence-electron chi connectivity index (χ3n) is 1.64. The van der Waals surface area contributed by atoms with Crippen molar-refractivity contribution >= 4 is 15.8 Å². The number of rotatable bonds is 4. The van der Waals surface area contributed by atoms with Crippen molar-refractivity contribution in [1.82, 2.24) is 9.78 Å². The summed E-state index contributed by atoms with van der Waals surface area (Å²) in [6, 6.07) is 0. The molecule has 0 aliphatic rings. The molecule has 0 spiro atoms. The molecule has 15 heavy (non-hydrogen) atoms. The molecule has 0 aliphatic carbocycles. The van der Waals surface area contributed by atoms with Crippen LogP contribution in [0.25, 0.3) is 0 Å². The minimum absolute atomic E-state index is 0.399. The molecule has 0 unspecified atom stereocenters. The van der Waals surface area contributed by atoms with Crippen molar-refractivity contribution in [2.24, 2.45) is 5.14 Å². The summed E-state index contributed by atoms with van der Waals surface area (Å²) >= 11 is 0. The van der Waals surface area contributed by atoms with E-state index in [1.165, 1.54) is 4.68 Å². The van der Waals surface area contributed by atoms with Crippen LogP contribution in [0.2, 0.25) is 0 Å². The van der Waals surface area contributed by atoms with Crippen LogP contribution in [0, 0.1) is 10.1 Å². The highest BCUT2D eigenvalue weighted by Gasteiger charge is 2.28. The van der Waals surface area contributed by atoms with Gasteiger partial charge in [0.1, 0.15) is 0 Å². The first-order valence-electron chi connectivity index (χ1n) is 4.11. The van der Waals surface area contributed by atoms with Gasteiger partial charge in [-0.15, -0.1) is 0 Å². The van der Waals surface area contributed by atoms with Gasteiger partial charge >= 0.3 is 5.82 Å². The Balaban J connectivity index is 3.30. The van der Waals surface area contributed by atoms with Gasteiger partial charge in [-0.2, -0.15) is 4.68 Å². The average Bonchev–Trinajstić information content (AvgIpc) is 2.48. The monoisotopic (exact) mass is 234 g/mol. The number of primary sulfonamides is 1. The Morgan fingerprint density at radius 3 is 2.60 bits per heavy atom. The van der Waals surface area contributed by atoms with Gasteiger partial charge in [-0.05, 0) is 11.3 Å². The van der Waals surface area contributed by atoms with Crippen molar-refractivity contribution < 1.29 is 13.3 Å². The van der Waals surface area contributed by atoms with Crippen LogP contribution in [-0.2, 0) is 16.6 Å². The van der Waals surface area contributed by atoms with Gasteiger partial charge < -0.3 is 10.1 Å². The minimum atomic E-state index is -4.10. The molecular formula is C6H10N4O4S. The molecule has 1 aromatic rings. The van der Waals surface area contributed by atoms with Gasteiger partial charge in [0.15, 0.2) is 0 Å². The normalized spacial score (nSPS) is 11.6. The molecule has 0 radical (unpaired) electrons. The molecule has 0 aromatic carbocycles. The van der Waals surface area contributed by atoms with Gasteiger partial charge in [0.2, 0.25) is 14.9 Å². The Morgan fingerprint density at radius 2 is 2.27 bits per heavy atom. The first kappa shape index (κ1) is 11.6. The molecule has 2 N–H and O–H groups in total. The zero-order chi connectivity index (χ0) is 11.6. The van der Waals surface area contributed by atoms with Crippen molar-refractivity contribution in [1.29, 1.82) is 0 Å². The average molecular weight is 234 g/mol. The van der Waals surface area contributed by atoms with Crippen molar-refractivity contribution in [2.75, 3.05) is 0 Å². The summed E-state index contributed by atoms with van der Waals surface area (Å²) in [5, 5.41) is 18.8. The number of nitrogens with two attached hydrogens (primary N) is 1. The summed E-state index contributed by atoms with van der Waals surface area (Å²) in [6.07, 6.45) is 1.75. The molecule has 0 saturated carbocycles. The van der Waals surface area contributed by atoms with Crippen LogP contribution in [0.4, 0.5) is 5.82 Å². The number of sulfonamides is 1. The standard InChI is InChI=1S/C6H10N4O4S/c1-2-3-9-4-5(15(7,13)14)6(8-9)10(11)12/h4H,2-3H2,1H3,(H2,7,13,14). The fourth-order valence-corrected chi connectivity index (χ4v) is 1.70.